The second kappa shape index (κ2) is 5.23. The summed E-state index contributed by atoms with van der Waals surface area (Å²) < 4.78 is 10.6. The fourth-order valence-corrected chi connectivity index (χ4v) is 2.54. The van der Waals surface area contributed by atoms with Crippen molar-refractivity contribution >= 4 is 5.78 Å². The Morgan fingerprint density at radius 3 is 2.50 bits per heavy atom. The zero-order valence-corrected chi connectivity index (χ0v) is 12.2. The molecule has 0 fully saturated rings. The van der Waals surface area contributed by atoms with E-state index in [1.54, 1.807) is 0 Å². The molecule has 20 heavy (non-hydrogen) atoms. The van der Waals surface area contributed by atoms with Crippen LogP contribution in [0.1, 0.15) is 36.7 Å². The normalized spacial score (nSPS) is 17.6. The number of phenolic OH excluding ortho intramolecular Hbond substituents is 2. The summed E-state index contributed by atoms with van der Waals surface area (Å²) >= 11 is 0. The molecule has 5 nitrogen and oxygen atoms in total. The average molecular weight is 280 g/mol. The number of carbonyl (C=O) groups is 1. The monoisotopic (exact) mass is 280 g/mol. The van der Waals surface area contributed by atoms with E-state index >= 15 is 0 Å². The van der Waals surface area contributed by atoms with Crippen LogP contribution in [-0.4, -0.2) is 29.7 Å². The number of fused-ring (bicyclic) bond motifs is 1. The standard InChI is InChI=1S/C15H20O5/c1-7(2)9-5-10-12(17)11(8(3)16)15(19-4)13(18)14(10)20-6-9/h7,9,17-18H,5-6H2,1-4H3/t9-/m0/s1. The van der Waals surface area contributed by atoms with Gasteiger partial charge in [-0.25, -0.2) is 0 Å². The molecular weight excluding hydrogens is 260 g/mol. The van der Waals surface area contributed by atoms with Gasteiger partial charge in [0.15, 0.2) is 17.3 Å². The van der Waals surface area contributed by atoms with Crippen LogP contribution in [-0.2, 0) is 6.42 Å². The van der Waals surface area contributed by atoms with Crippen LogP contribution in [0.4, 0.5) is 0 Å². The number of phenols is 2. The minimum atomic E-state index is -0.357. The van der Waals surface area contributed by atoms with E-state index in [2.05, 4.69) is 13.8 Å². The van der Waals surface area contributed by atoms with Gasteiger partial charge in [-0.3, -0.25) is 4.79 Å². The number of Topliss-reactive ketones (excluding diaryl/α,β-unsaturated/α-hetero) is 1. The largest absolute Gasteiger partial charge is 0.507 e. The second-order valence-electron chi connectivity index (χ2n) is 5.49. The molecule has 0 unspecified atom stereocenters. The number of methoxy groups -OCH3 is 1. The zero-order chi connectivity index (χ0) is 15.0. The van der Waals surface area contributed by atoms with Gasteiger partial charge in [0.05, 0.1) is 13.7 Å². The second-order valence-corrected chi connectivity index (χ2v) is 5.49. The van der Waals surface area contributed by atoms with E-state index in [9.17, 15) is 15.0 Å². The predicted octanol–water partition coefficient (Wildman–Crippen LogP) is 2.52. The van der Waals surface area contributed by atoms with Crippen LogP contribution in [0.5, 0.6) is 23.0 Å². The molecule has 0 bridgehead atoms. The van der Waals surface area contributed by atoms with Crippen LogP contribution in [0.3, 0.4) is 0 Å². The quantitative estimate of drug-likeness (QED) is 0.657. The number of ketones is 1. The summed E-state index contributed by atoms with van der Waals surface area (Å²) in [7, 11) is 1.34. The minimum Gasteiger partial charge on any atom is -0.507 e. The highest BCUT2D eigenvalue weighted by Crippen LogP contribution is 2.50. The smallest absolute Gasteiger partial charge is 0.202 e. The molecule has 0 aliphatic carbocycles. The lowest BCUT2D eigenvalue weighted by atomic mass is 9.86. The first-order valence-corrected chi connectivity index (χ1v) is 6.66. The minimum absolute atomic E-state index is 0.0109. The predicted molar refractivity (Wildman–Crippen MR) is 73.9 cm³/mol. The van der Waals surface area contributed by atoms with E-state index in [0.717, 1.165) is 0 Å². The van der Waals surface area contributed by atoms with Gasteiger partial charge in [0, 0.05) is 5.56 Å². The first-order valence-electron chi connectivity index (χ1n) is 6.66. The Morgan fingerprint density at radius 2 is 2.00 bits per heavy atom. The molecule has 0 saturated heterocycles. The number of carbonyl (C=O) groups excluding carboxylic acids is 1. The highest BCUT2D eigenvalue weighted by atomic mass is 16.5. The topological polar surface area (TPSA) is 76.0 Å². The van der Waals surface area contributed by atoms with Crippen molar-refractivity contribution in [2.45, 2.75) is 27.2 Å². The molecule has 5 heteroatoms. The van der Waals surface area contributed by atoms with Gasteiger partial charge in [-0.15, -0.1) is 0 Å². The summed E-state index contributed by atoms with van der Waals surface area (Å²) in [5, 5.41) is 20.5. The van der Waals surface area contributed by atoms with Crippen molar-refractivity contribution in [1.82, 2.24) is 0 Å². The summed E-state index contributed by atoms with van der Waals surface area (Å²) in [4.78, 5) is 11.7. The Kier molecular flexibility index (Phi) is 3.79. The lowest BCUT2D eigenvalue weighted by Gasteiger charge is -2.30. The number of rotatable bonds is 3. The number of hydrogen-bond acceptors (Lipinski definition) is 5. The van der Waals surface area contributed by atoms with Crippen molar-refractivity contribution in [3.05, 3.63) is 11.1 Å². The Balaban J connectivity index is 2.63. The molecule has 110 valence electrons. The molecule has 1 atom stereocenters. The van der Waals surface area contributed by atoms with Gasteiger partial charge < -0.3 is 19.7 Å². The summed E-state index contributed by atoms with van der Waals surface area (Å²) in [6.07, 6.45) is 0.566. The zero-order valence-electron chi connectivity index (χ0n) is 12.2. The SMILES string of the molecule is COc1c(O)c2c(c(O)c1C(C)=O)C[C@H](C(C)C)CO2. The number of benzene rings is 1. The van der Waals surface area contributed by atoms with E-state index < -0.39 is 0 Å². The summed E-state index contributed by atoms with van der Waals surface area (Å²) in [5.41, 5.74) is 0.496. The fourth-order valence-electron chi connectivity index (χ4n) is 2.54. The molecule has 1 heterocycles. The van der Waals surface area contributed by atoms with E-state index in [1.165, 1.54) is 14.0 Å². The molecular formula is C15H20O5. The van der Waals surface area contributed by atoms with Crippen LogP contribution in [0.2, 0.25) is 0 Å². The van der Waals surface area contributed by atoms with Gasteiger partial charge in [0.1, 0.15) is 11.3 Å². The van der Waals surface area contributed by atoms with Gasteiger partial charge >= 0.3 is 0 Å². The van der Waals surface area contributed by atoms with Crippen molar-refractivity contribution in [3.8, 4) is 23.0 Å². The maximum Gasteiger partial charge on any atom is 0.202 e. The number of ether oxygens (including phenoxy) is 2. The molecule has 0 spiro atoms. The van der Waals surface area contributed by atoms with Crippen molar-refractivity contribution in [2.75, 3.05) is 13.7 Å². The van der Waals surface area contributed by atoms with Crippen molar-refractivity contribution in [3.63, 3.8) is 0 Å². The van der Waals surface area contributed by atoms with E-state index in [1.807, 2.05) is 0 Å². The Hall–Kier alpha value is -1.91. The molecule has 0 saturated carbocycles. The maximum atomic E-state index is 11.7. The van der Waals surface area contributed by atoms with Gasteiger partial charge in [0.2, 0.25) is 5.75 Å². The summed E-state index contributed by atoms with van der Waals surface area (Å²) in [6, 6.07) is 0. The average Bonchev–Trinajstić information content (AvgIpc) is 2.41. The molecule has 0 amide bonds. The summed E-state index contributed by atoms with van der Waals surface area (Å²) in [5.74, 6) is 0.0934. The lowest BCUT2D eigenvalue weighted by molar-refractivity contribution is 0.101. The van der Waals surface area contributed by atoms with Crippen LogP contribution in [0.25, 0.3) is 0 Å². The first-order chi connectivity index (χ1) is 9.38. The number of aromatic hydroxyl groups is 2. The summed E-state index contributed by atoms with van der Waals surface area (Å²) in [6.45, 7) is 5.95. The van der Waals surface area contributed by atoms with Crippen LogP contribution >= 0.6 is 0 Å². The molecule has 1 aliphatic heterocycles. The highest BCUT2D eigenvalue weighted by molar-refractivity contribution is 6.01. The van der Waals surface area contributed by atoms with Crippen LogP contribution < -0.4 is 9.47 Å². The number of hydrogen-bond donors (Lipinski definition) is 2. The van der Waals surface area contributed by atoms with E-state index in [4.69, 9.17) is 9.47 Å². The molecule has 0 aromatic heterocycles. The van der Waals surface area contributed by atoms with Gasteiger partial charge in [-0.2, -0.15) is 0 Å². The fraction of sp³-hybridized carbons (Fsp3) is 0.533. The molecule has 1 aliphatic rings. The van der Waals surface area contributed by atoms with Gasteiger partial charge in [-0.1, -0.05) is 13.8 Å². The Labute approximate surface area is 118 Å². The molecule has 2 rings (SSSR count). The molecule has 0 radical (unpaired) electrons. The van der Waals surface area contributed by atoms with Crippen LogP contribution in [0.15, 0.2) is 0 Å². The third-order valence-electron chi connectivity index (χ3n) is 3.86. The molecule has 1 aromatic rings. The van der Waals surface area contributed by atoms with E-state index in [-0.39, 0.29) is 40.3 Å². The van der Waals surface area contributed by atoms with E-state index in [0.29, 0.717) is 24.5 Å². The Bertz CT molecular complexity index is 548. The molecule has 2 N–H and O–H groups in total. The van der Waals surface area contributed by atoms with Gasteiger partial charge in [-0.05, 0) is 25.2 Å². The third kappa shape index (κ3) is 2.17. The maximum absolute atomic E-state index is 11.7. The lowest BCUT2D eigenvalue weighted by Crippen LogP contribution is -2.25. The highest BCUT2D eigenvalue weighted by Gasteiger charge is 2.33. The first kappa shape index (κ1) is 14.5. The van der Waals surface area contributed by atoms with Crippen molar-refractivity contribution in [1.29, 1.82) is 0 Å². The van der Waals surface area contributed by atoms with Crippen molar-refractivity contribution in [2.24, 2.45) is 11.8 Å². The molecule has 1 aromatic carbocycles. The van der Waals surface area contributed by atoms with Crippen LogP contribution in [0, 0.1) is 11.8 Å². The Morgan fingerprint density at radius 1 is 1.35 bits per heavy atom. The van der Waals surface area contributed by atoms with Crippen molar-refractivity contribution < 1.29 is 24.5 Å². The third-order valence-corrected chi connectivity index (χ3v) is 3.86. The van der Waals surface area contributed by atoms with Gasteiger partial charge in [0.25, 0.3) is 0 Å².